The first-order chi connectivity index (χ1) is 14.5. The maximum absolute atomic E-state index is 13.1. The first-order valence-corrected chi connectivity index (χ1v) is 11.2. The van der Waals surface area contributed by atoms with Crippen molar-refractivity contribution in [2.45, 2.75) is 45.6 Å². The molecule has 160 valence electrons. The molecule has 0 saturated carbocycles. The van der Waals surface area contributed by atoms with Crippen molar-refractivity contribution in [3.8, 4) is 0 Å². The van der Waals surface area contributed by atoms with Crippen LogP contribution in [0.3, 0.4) is 0 Å². The van der Waals surface area contributed by atoms with Crippen LogP contribution in [0.1, 0.15) is 45.1 Å². The minimum atomic E-state index is -0.642. The number of nitrogens with one attached hydrogen (secondary N) is 1. The number of carbonyl (C=O) groups is 3. The Morgan fingerprint density at radius 1 is 1.27 bits per heavy atom. The second-order valence-electron chi connectivity index (χ2n) is 6.89. The summed E-state index contributed by atoms with van der Waals surface area (Å²) in [6.45, 7) is 4.75. The third-order valence-electron chi connectivity index (χ3n) is 4.67. The van der Waals surface area contributed by atoms with E-state index in [0.29, 0.717) is 36.3 Å². The van der Waals surface area contributed by atoms with Gasteiger partial charge in [0.1, 0.15) is 11.9 Å². The van der Waals surface area contributed by atoms with E-state index < -0.39 is 6.04 Å². The molecule has 1 aromatic rings. The van der Waals surface area contributed by atoms with Crippen molar-refractivity contribution in [2.24, 2.45) is 9.98 Å². The number of nitrogens with zero attached hydrogens (tertiary/aromatic N) is 3. The normalized spacial score (nSPS) is 17.1. The minimum absolute atomic E-state index is 0.0520. The molecule has 0 spiro atoms. The molecular formula is C21H26N4O4S. The number of esters is 1. The summed E-state index contributed by atoms with van der Waals surface area (Å²) in [5.74, 6) is -0.0951. The summed E-state index contributed by atoms with van der Waals surface area (Å²) in [6.07, 6.45) is 2.50. The van der Waals surface area contributed by atoms with Crippen LogP contribution in [0.25, 0.3) is 0 Å². The molecule has 3 rings (SSSR count). The number of hydrogen-bond donors (Lipinski definition) is 1. The largest absolute Gasteiger partial charge is 0.465 e. The highest BCUT2D eigenvalue weighted by atomic mass is 32.2. The van der Waals surface area contributed by atoms with Gasteiger partial charge < -0.3 is 10.1 Å². The van der Waals surface area contributed by atoms with E-state index >= 15 is 0 Å². The summed E-state index contributed by atoms with van der Waals surface area (Å²) in [6, 6.07) is 6.80. The van der Waals surface area contributed by atoms with Gasteiger partial charge in [0.2, 0.25) is 5.91 Å². The average molecular weight is 431 g/mol. The Morgan fingerprint density at radius 2 is 2.07 bits per heavy atom. The van der Waals surface area contributed by atoms with Crippen LogP contribution in [0.15, 0.2) is 34.3 Å². The standard InChI is InChI=1S/C21H26N4O4S/c1-3-5-12-22-17(26)11-10-16-20(28)25-19(23-16)14-8-6-7-9-15(14)24-21(25)30-13-18(27)29-4-2/h6-9,16H,3-5,10-13H2,1-2H3,(H,22,26). The number of amidine groups is 2. The molecule has 0 saturated heterocycles. The fourth-order valence-corrected chi connectivity index (χ4v) is 3.97. The van der Waals surface area contributed by atoms with E-state index in [1.54, 1.807) is 6.92 Å². The quantitative estimate of drug-likeness (QED) is 0.479. The third-order valence-corrected chi connectivity index (χ3v) is 5.58. The van der Waals surface area contributed by atoms with E-state index in [4.69, 9.17) is 4.74 Å². The van der Waals surface area contributed by atoms with Gasteiger partial charge in [0.15, 0.2) is 5.17 Å². The highest BCUT2D eigenvalue weighted by molar-refractivity contribution is 8.14. The SMILES string of the molecule is CCCCNC(=O)CCC1N=C2c3ccccc3N=C(SCC(=O)OCC)N2C1=O. The molecule has 9 heteroatoms. The molecule has 1 unspecified atom stereocenters. The predicted molar refractivity (Wildman–Crippen MR) is 117 cm³/mol. The Balaban J connectivity index is 1.74. The van der Waals surface area contributed by atoms with E-state index in [1.807, 2.05) is 24.3 Å². The van der Waals surface area contributed by atoms with Crippen LogP contribution in [0.5, 0.6) is 0 Å². The third kappa shape index (κ3) is 5.08. The van der Waals surface area contributed by atoms with Crippen LogP contribution in [0.4, 0.5) is 5.69 Å². The van der Waals surface area contributed by atoms with E-state index in [1.165, 1.54) is 4.90 Å². The number of benzene rings is 1. The Bertz CT molecular complexity index is 884. The number of thioether (sulfide) groups is 1. The van der Waals surface area contributed by atoms with Crippen molar-refractivity contribution < 1.29 is 19.1 Å². The zero-order valence-corrected chi connectivity index (χ0v) is 18.0. The number of carbonyl (C=O) groups excluding carboxylic acids is 3. The zero-order valence-electron chi connectivity index (χ0n) is 17.2. The topological polar surface area (TPSA) is 100 Å². The molecule has 1 N–H and O–H groups in total. The lowest BCUT2D eigenvalue weighted by molar-refractivity contribution is -0.139. The number of amides is 2. The van der Waals surface area contributed by atoms with Crippen molar-refractivity contribution in [2.75, 3.05) is 18.9 Å². The van der Waals surface area contributed by atoms with Crippen molar-refractivity contribution in [3.63, 3.8) is 0 Å². The second kappa shape index (κ2) is 10.4. The van der Waals surface area contributed by atoms with E-state index in [0.717, 1.165) is 30.2 Å². The minimum Gasteiger partial charge on any atom is -0.465 e. The number of fused-ring (bicyclic) bond motifs is 3. The van der Waals surface area contributed by atoms with Gasteiger partial charge in [-0.05, 0) is 31.9 Å². The fraction of sp³-hybridized carbons (Fsp3) is 0.476. The molecule has 8 nitrogen and oxygen atoms in total. The lowest BCUT2D eigenvalue weighted by Gasteiger charge is -2.25. The lowest BCUT2D eigenvalue weighted by Crippen LogP contribution is -2.41. The number of para-hydroxylation sites is 1. The Labute approximate surface area is 180 Å². The molecule has 0 aliphatic carbocycles. The molecular weight excluding hydrogens is 404 g/mol. The van der Waals surface area contributed by atoms with Crippen molar-refractivity contribution in [3.05, 3.63) is 29.8 Å². The van der Waals surface area contributed by atoms with Crippen molar-refractivity contribution in [1.82, 2.24) is 10.2 Å². The number of rotatable bonds is 9. The van der Waals surface area contributed by atoms with E-state index in [9.17, 15) is 14.4 Å². The average Bonchev–Trinajstić information content (AvgIpc) is 3.08. The molecule has 30 heavy (non-hydrogen) atoms. The molecule has 0 fully saturated rings. The fourth-order valence-electron chi connectivity index (χ4n) is 3.17. The van der Waals surface area contributed by atoms with Gasteiger partial charge in [0.25, 0.3) is 5.91 Å². The van der Waals surface area contributed by atoms with Gasteiger partial charge in [-0.25, -0.2) is 9.89 Å². The maximum atomic E-state index is 13.1. The van der Waals surface area contributed by atoms with Gasteiger partial charge in [-0.1, -0.05) is 37.2 Å². The van der Waals surface area contributed by atoms with Gasteiger partial charge in [-0.2, -0.15) is 0 Å². The van der Waals surface area contributed by atoms with Crippen LogP contribution in [-0.2, 0) is 19.1 Å². The molecule has 2 heterocycles. The summed E-state index contributed by atoms with van der Waals surface area (Å²) < 4.78 is 4.97. The number of aliphatic imine (C=N–C) groups is 2. The van der Waals surface area contributed by atoms with Crippen LogP contribution in [0.2, 0.25) is 0 Å². The smallest absolute Gasteiger partial charge is 0.316 e. The van der Waals surface area contributed by atoms with Gasteiger partial charge in [-0.3, -0.25) is 19.4 Å². The van der Waals surface area contributed by atoms with Crippen LogP contribution in [-0.4, -0.2) is 58.6 Å². The lowest BCUT2D eigenvalue weighted by atomic mass is 10.1. The van der Waals surface area contributed by atoms with Crippen LogP contribution < -0.4 is 5.32 Å². The molecule has 2 amide bonds. The van der Waals surface area contributed by atoms with Crippen molar-refractivity contribution in [1.29, 1.82) is 0 Å². The molecule has 1 aromatic carbocycles. The predicted octanol–water partition coefficient (Wildman–Crippen LogP) is 2.64. The second-order valence-corrected chi connectivity index (χ2v) is 7.83. The van der Waals surface area contributed by atoms with Gasteiger partial charge in [0.05, 0.1) is 18.0 Å². The Hall–Kier alpha value is -2.68. The molecule has 2 aliphatic rings. The Morgan fingerprint density at radius 3 is 2.83 bits per heavy atom. The summed E-state index contributed by atoms with van der Waals surface area (Å²) in [7, 11) is 0. The first-order valence-electron chi connectivity index (χ1n) is 10.2. The van der Waals surface area contributed by atoms with Gasteiger partial charge in [0, 0.05) is 18.5 Å². The molecule has 2 aliphatic heterocycles. The van der Waals surface area contributed by atoms with E-state index in [2.05, 4.69) is 22.2 Å². The van der Waals surface area contributed by atoms with Crippen molar-refractivity contribution >= 4 is 46.2 Å². The molecule has 1 atom stereocenters. The van der Waals surface area contributed by atoms with E-state index in [-0.39, 0.29) is 30.0 Å². The molecule has 0 radical (unpaired) electrons. The summed E-state index contributed by atoms with van der Waals surface area (Å²) >= 11 is 1.15. The number of hydrogen-bond acceptors (Lipinski definition) is 7. The monoisotopic (exact) mass is 430 g/mol. The number of unbranched alkanes of at least 4 members (excludes halogenated alkanes) is 1. The van der Waals surface area contributed by atoms with Gasteiger partial charge in [-0.15, -0.1) is 0 Å². The van der Waals surface area contributed by atoms with Gasteiger partial charge >= 0.3 is 5.97 Å². The summed E-state index contributed by atoms with van der Waals surface area (Å²) in [4.78, 5) is 47.5. The highest BCUT2D eigenvalue weighted by Crippen LogP contribution is 2.34. The Kier molecular flexibility index (Phi) is 7.62. The summed E-state index contributed by atoms with van der Waals surface area (Å²) in [5, 5.41) is 3.27. The maximum Gasteiger partial charge on any atom is 0.316 e. The van der Waals surface area contributed by atoms with Crippen LogP contribution in [0, 0.1) is 0 Å². The zero-order chi connectivity index (χ0) is 21.5. The first kappa shape index (κ1) is 22.0. The number of ether oxygens (including phenoxy) is 1. The molecule has 0 aromatic heterocycles. The van der Waals surface area contributed by atoms with Crippen LogP contribution >= 0.6 is 11.8 Å². The highest BCUT2D eigenvalue weighted by Gasteiger charge is 2.41. The summed E-state index contributed by atoms with van der Waals surface area (Å²) in [5.41, 5.74) is 1.46. The molecule has 0 bridgehead atoms.